The van der Waals surface area contributed by atoms with Gasteiger partial charge in [0.15, 0.2) is 0 Å². The van der Waals surface area contributed by atoms with Crippen molar-refractivity contribution in [1.82, 2.24) is 9.62 Å². The van der Waals surface area contributed by atoms with Gasteiger partial charge in [-0.15, -0.1) is 0 Å². The molecule has 3 rings (SSSR count). The summed E-state index contributed by atoms with van der Waals surface area (Å²) in [6.45, 7) is 2.37. The number of Topliss-reactive ketones (excluding diaryl/α,β-unsaturated/α-hetero) is 1. The number of halogens is 1. The van der Waals surface area contributed by atoms with Crippen LogP contribution in [0.25, 0.3) is 0 Å². The summed E-state index contributed by atoms with van der Waals surface area (Å²) in [5.74, 6) is 0.561. The van der Waals surface area contributed by atoms with Gasteiger partial charge in [0.05, 0.1) is 4.90 Å². The van der Waals surface area contributed by atoms with Crippen molar-refractivity contribution in [3.8, 4) is 0 Å². The fraction of sp³-hybridized carbons (Fsp3) is 0.458. The Morgan fingerprint density at radius 2 is 1.74 bits per heavy atom. The zero-order valence-electron chi connectivity index (χ0n) is 18.4. The second-order valence-corrected chi connectivity index (χ2v) is 10.9. The molecule has 1 saturated carbocycles. The molecule has 5 nitrogen and oxygen atoms in total. The van der Waals surface area contributed by atoms with Crippen LogP contribution in [0.4, 0.5) is 0 Å². The minimum atomic E-state index is -3.54. The lowest BCUT2D eigenvalue weighted by molar-refractivity contribution is -0.116. The minimum absolute atomic E-state index is 0.0123. The van der Waals surface area contributed by atoms with E-state index in [0.717, 1.165) is 37.8 Å². The lowest BCUT2D eigenvalue weighted by Crippen LogP contribution is -2.39. The molecule has 0 saturated heterocycles. The van der Waals surface area contributed by atoms with Gasteiger partial charge in [-0.3, -0.25) is 4.79 Å². The molecular formula is C24H31ClN2O3S. The quantitative estimate of drug-likeness (QED) is 0.625. The van der Waals surface area contributed by atoms with Crippen LogP contribution in [-0.2, 0) is 27.8 Å². The highest BCUT2D eigenvalue weighted by atomic mass is 35.5. The molecule has 1 aliphatic carbocycles. The molecule has 1 N–H and O–H groups in total. The zero-order chi connectivity index (χ0) is 22.6. The first-order chi connectivity index (χ1) is 14.7. The molecule has 0 aromatic heterocycles. The van der Waals surface area contributed by atoms with Crippen molar-refractivity contribution in [1.29, 1.82) is 0 Å². The second kappa shape index (κ2) is 10.3. The van der Waals surface area contributed by atoms with E-state index in [0.29, 0.717) is 17.4 Å². The number of carbonyl (C=O) groups excluding carboxylic acids is 1. The molecule has 1 fully saturated rings. The molecule has 0 bridgehead atoms. The van der Waals surface area contributed by atoms with E-state index in [4.69, 9.17) is 11.6 Å². The summed E-state index contributed by atoms with van der Waals surface area (Å²) < 4.78 is 27.5. The van der Waals surface area contributed by atoms with E-state index in [9.17, 15) is 13.2 Å². The van der Waals surface area contributed by atoms with Crippen LogP contribution in [0.5, 0.6) is 0 Å². The lowest BCUT2D eigenvalue weighted by Gasteiger charge is -2.35. The molecule has 2 aromatic carbocycles. The molecule has 168 valence electrons. The van der Waals surface area contributed by atoms with E-state index in [1.54, 1.807) is 38.2 Å². The molecule has 1 aliphatic rings. The van der Waals surface area contributed by atoms with E-state index in [-0.39, 0.29) is 16.7 Å². The maximum atomic E-state index is 13.0. The summed E-state index contributed by atoms with van der Waals surface area (Å²) in [7, 11) is 0.0653. The Morgan fingerprint density at radius 3 is 2.32 bits per heavy atom. The molecule has 0 atom stereocenters. The number of nitrogens with zero attached hydrogens (tertiary/aromatic N) is 1. The van der Waals surface area contributed by atoms with Crippen molar-refractivity contribution < 1.29 is 13.2 Å². The molecule has 7 heteroatoms. The fourth-order valence-electron chi connectivity index (χ4n) is 4.52. The molecule has 0 aliphatic heterocycles. The summed E-state index contributed by atoms with van der Waals surface area (Å²) in [5, 5.41) is 3.75. The van der Waals surface area contributed by atoms with Crippen molar-refractivity contribution in [2.75, 3.05) is 14.1 Å². The topological polar surface area (TPSA) is 66.5 Å². The van der Waals surface area contributed by atoms with Crippen LogP contribution in [0.15, 0.2) is 47.4 Å². The Balaban J connectivity index is 1.71. The van der Waals surface area contributed by atoms with Crippen LogP contribution in [0, 0.1) is 0 Å². The largest absolute Gasteiger partial charge is 0.316 e. The Labute approximate surface area is 190 Å². The van der Waals surface area contributed by atoms with Crippen LogP contribution < -0.4 is 5.32 Å². The first kappa shape index (κ1) is 23.9. The zero-order valence-corrected chi connectivity index (χ0v) is 20.0. The van der Waals surface area contributed by atoms with Gasteiger partial charge in [0.25, 0.3) is 0 Å². The third kappa shape index (κ3) is 5.75. The molecule has 31 heavy (non-hydrogen) atoms. The molecular weight excluding hydrogens is 432 g/mol. The van der Waals surface area contributed by atoms with Crippen LogP contribution in [-0.4, -0.2) is 38.6 Å². The van der Waals surface area contributed by atoms with Crippen molar-refractivity contribution in [2.24, 2.45) is 0 Å². The fourth-order valence-corrected chi connectivity index (χ4v) is 6.06. The van der Waals surface area contributed by atoms with E-state index in [1.165, 1.54) is 15.4 Å². The number of hydrogen-bond donors (Lipinski definition) is 1. The Morgan fingerprint density at radius 1 is 1.10 bits per heavy atom. The molecule has 0 amide bonds. The molecule has 2 aromatic rings. The molecule has 0 spiro atoms. The van der Waals surface area contributed by atoms with Crippen molar-refractivity contribution in [3.63, 3.8) is 0 Å². The van der Waals surface area contributed by atoms with Gasteiger partial charge >= 0.3 is 0 Å². The first-order valence-electron chi connectivity index (χ1n) is 10.7. The van der Waals surface area contributed by atoms with Gasteiger partial charge in [0.2, 0.25) is 10.0 Å². The molecule has 0 radical (unpaired) electrons. The number of rotatable bonds is 8. The number of sulfonamides is 1. The highest BCUT2D eigenvalue weighted by Crippen LogP contribution is 2.37. The lowest BCUT2D eigenvalue weighted by atomic mass is 9.79. The average molecular weight is 463 g/mol. The normalized spacial score (nSPS) is 19.5. The van der Waals surface area contributed by atoms with Crippen molar-refractivity contribution in [3.05, 3.63) is 64.2 Å². The summed E-state index contributed by atoms with van der Waals surface area (Å²) >= 11 is 5.90. The van der Waals surface area contributed by atoms with E-state index in [2.05, 4.69) is 23.5 Å². The summed E-state index contributed by atoms with van der Waals surface area (Å²) in [5.41, 5.74) is 3.58. The number of carbonyl (C=O) groups is 1. The third-order valence-electron chi connectivity index (χ3n) is 6.17. The van der Waals surface area contributed by atoms with Crippen LogP contribution in [0.2, 0.25) is 5.02 Å². The first-order valence-corrected chi connectivity index (χ1v) is 12.5. The van der Waals surface area contributed by atoms with Gasteiger partial charge in [-0.05, 0) is 86.5 Å². The number of nitrogens with one attached hydrogen (secondary N) is 1. The molecule has 0 unspecified atom stereocenters. The van der Waals surface area contributed by atoms with E-state index >= 15 is 0 Å². The second-order valence-electron chi connectivity index (χ2n) is 8.42. The third-order valence-corrected chi connectivity index (χ3v) is 8.35. The smallest absolute Gasteiger partial charge is 0.243 e. The molecule has 0 heterocycles. The highest BCUT2D eigenvalue weighted by Gasteiger charge is 2.32. The van der Waals surface area contributed by atoms with Gasteiger partial charge in [0.1, 0.15) is 5.78 Å². The number of hydrogen-bond acceptors (Lipinski definition) is 4. The minimum Gasteiger partial charge on any atom is -0.316 e. The van der Waals surface area contributed by atoms with Gasteiger partial charge in [-0.2, -0.15) is 4.31 Å². The van der Waals surface area contributed by atoms with Crippen molar-refractivity contribution >= 4 is 27.4 Å². The van der Waals surface area contributed by atoms with Gasteiger partial charge in [-0.25, -0.2) is 8.42 Å². The summed E-state index contributed by atoms with van der Waals surface area (Å²) in [6, 6.07) is 12.7. The van der Waals surface area contributed by atoms with Crippen LogP contribution in [0.1, 0.15) is 55.2 Å². The Hall–Kier alpha value is -1.73. The van der Waals surface area contributed by atoms with E-state index < -0.39 is 10.0 Å². The standard InChI is InChI=1S/C24H31ClN2O3S/c1-17(28)14-18-4-13-24(20(15-18)16-26-2)19-5-9-22(10-6-19)27(3)31(29,30)23-11-7-21(25)8-12-23/h4,7-8,11-13,15,19,22,26H,5-6,9-10,14,16H2,1-3H3. The predicted molar refractivity (Wildman–Crippen MR) is 125 cm³/mol. The summed E-state index contributed by atoms with van der Waals surface area (Å²) in [6.07, 6.45) is 3.98. The SMILES string of the molecule is CNCc1cc(CC(C)=O)ccc1C1CCC(N(C)S(=O)(=O)c2ccc(Cl)cc2)CC1. The van der Waals surface area contributed by atoms with Crippen LogP contribution >= 0.6 is 11.6 Å². The predicted octanol–water partition coefficient (Wildman–Crippen LogP) is 4.54. The van der Waals surface area contributed by atoms with Crippen LogP contribution in [0.3, 0.4) is 0 Å². The van der Waals surface area contributed by atoms with Crippen molar-refractivity contribution in [2.45, 2.75) is 62.4 Å². The maximum Gasteiger partial charge on any atom is 0.243 e. The van der Waals surface area contributed by atoms with Gasteiger partial charge < -0.3 is 5.32 Å². The summed E-state index contributed by atoms with van der Waals surface area (Å²) in [4.78, 5) is 11.8. The Kier molecular flexibility index (Phi) is 7.92. The van der Waals surface area contributed by atoms with Gasteiger partial charge in [-0.1, -0.05) is 29.8 Å². The average Bonchev–Trinajstić information content (AvgIpc) is 2.74. The maximum absolute atomic E-state index is 13.0. The number of benzene rings is 2. The monoisotopic (exact) mass is 462 g/mol. The number of ketones is 1. The highest BCUT2D eigenvalue weighted by molar-refractivity contribution is 7.89. The van der Waals surface area contributed by atoms with Gasteiger partial charge in [0, 0.05) is 31.1 Å². The van der Waals surface area contributed by atoms with E-state index in [1.807, 2.05) is 7.05 Å². The Bertz CT molecular complexity index is 1010.